The van der Waals surface area contributed by atoms with Crippen LogP contribution in [0.2, 0.25) is 0 Å². The lowest BCUT2D eigenvalue weighted by Gasteiger charge is -2.16. The lowest BCUT2D eigenvalue weighted by Crippen LogP contribution is -2.07. The van der Waals surface area contributed by atoms with Crippen LogP contribution >= 0.6 is 0 Å². The van der Waals surface area contributed by atoms with Crippen molar-refractivity contribution in [1.29, 1.82) is 0 Å². The minimum atomic E-state index is -2.78. The highest BCUT2D eigenvalue weighted by Crippen LogP contribution is 2.34. The molecule has 0 fully saturated rings. The first-order chi connectivity index (χ1) is 10.1. The van der Waals surface area contributed by atoms with Crippen molar-refractivity contribution in [1.82, 2.24) is 0 Å². The number of hydrogen-bond donors (Lipinski definition) is 1. The second-order valence-electron chi connectivity index (χ2n) is 5.34. The number of ether oxygens (including phenoxy) is 1. The molecule has 3 rings (SSSR count). The highest BCUT2D eigenvalue weighted by atomic mass is 19.3. The van der Waals surface area contributed by atoms with Crippen LogP contribution in [0.25, 0.3) is 0 Å². The van der Waals surface area contributed by atoms with Crippen LogP contribution in [0.3, 0.4) is 0 Å². The molecule has 0 heterocycles. The number of benzene rings is 2. The monoisotopic (exact) mass is 289 g/mol. The van der Waals surface area contributed by atoms with E-state index in [9.17, 15) is 8.78 Å². The van der Waals surface area contributed by atoms with E-state index < -0.39 is 6.61 Å². The lowest BCUT2D eigenvalue weighted by atomic mass is 10.0. The average Bonchev–Trinajstić information content (AvgIpc) is 2.83. The van der Waals surface area contributed by atoms with Crippen LogP contribution in [0.15, 0.2) is 42.5 Å². The predicted molar refractivity (Wildman–Crippen MR) is 78.9 cm³/mol. The van der Waals surface area contributed by atoms with Crippen LogP contribution in [0.5, 0.6) is 5.75 Å². The highest BCUT2D eigenvalue weighted by Gasteiger charge is 2.22. The Morgan fingerprint density at radius 3 is 2.62 bits per heavy atom. The number of halogens is 2. The van der Waals surface area contributed by atoms with Crippen molar-refractivity contribution in [3.63, 3.8) is 0 Å². The summed E-state index contributed by atoms with van der Waals surface area (Å²) >= 11 is 0. The van der Waals surface area contributed by atoms with Crippen molar-refractivity contribution >= 4 is 5.69 Å². The minimum Gasteiger partial charge on any atom is -0.435 e. The molecule has 0 radical (unpaired) electrons. The number of fused-ring (bicyclic) bond motifs is 1. The van der Waals surface area contributed by atoms with Gasteiger partial charge >= 0.3 is 6.61 Å². The van der Waals surface area contributed by atoms with Gasteiger partial charge in [0.2, 0.25) is 0 Å². The van der Waals surface area contributed by atoms with Gasteiger partial charge in [-0.2, -0.15) is 8.78 Å². The number of rotatable bonds is 4. The maximum Gasteiger partial charge on any atom is 0.387 e. The van der Waals surface area contributed by atoms with Crippen LogP contribution in [-0.4, -0.2) is 6.61 Å². The molecule has 0 saturated carbocycles. The van der Waals surface area contributed by atoms with Gasteiger partial charge in [0.1, 0.15) is 5.75 Å². The molecule has 0 spiro atoms. The van der Waals surface area contributed by atoms with Crippen molar-refractivity contribution in [2.24, 2.45) is 0 Å². The molecule has 21 heavy (non-hydrogen) atoms. The Bertz CT molecular complexity index is 625. The van der Waals surface area contributed by atoms with Crippen LogP contribution < -0.4 is 10.1 Å². The normalized spacial score (nSPS) is 16.9. The summed E-state index contributed by atoms with van der Waals surface area (Å²) in [5.41, 5.74) is 4.89. The van der Waals surface area contributed by atoms with Gasteiger partial charge in [-0.1, -0.05) is 23.8 Å². The zero-order valence-electron chi connectivity index (χ0n) is 11.8. The zero-order valence-corrected chi connectivity index (χ0v) is 11.8. The van der Waals surface area contributed by atoms with Crippen molar-refractivity contribution in [2.75, 3.05) is 5.32 Å². The van der Waals surface area contributed by atoms with Crippen molar-refractivity contribution in [3.8, 4) is 5.75 Å². The maximum atomic E-state index is 12.1. The molecule has 0 aromatic heterocycles. The largest absolute Gasteiger partial charge is 0.435 e. The minimum absolute atomic E-state index is 0.179. The Labute approximate surface area is 122 Å². The molecule has 0 amide bonds. The van der Waals surface area contributed by atoms with Gasteiger partial charge in [0, 0.05) is 5.69 Å². The predicted octanol–water partition coefficient (Wildman–Crippen LogP) is 4.70. The van der Waals surface area contributed by atoms with Gasteiger partial charge in [-0.25, -0.2) is 0 Å². The maximum absolute atomic E-state index is 12.1. The standard InChI is InChI=1S/C17H17F2NO/c1-11-2-3-12-4-9-16(15(12)10-11)20-13-5-7-14(8-6-13)21-17(18)19/h2-3,5-8,10,16-17,20H,4,9H2,1H3. The molecule has 110 valence electrons. The smallest absolute Gasteiger partial charge is 0.387 e. The summed E-state index contributed by atoms with van der Waals surface area (Å²) in [4.78, 5) is 0. The molecular weight excluding hydrogens is 272 g/mol. The Morgan fingerprint density at radius 1 is 1.14 bits per heavy atom. The Kier molecular flexibility index (Phi) is 3.78. The molecule has 1 unspecified atom stereocenters. The van der Waals surface area contributed by atoms with Crippen LogP contribution in [0, 0.1) is 6.92 Å². The number of alkyl halides is 2. The zero-order chi connectivity index (χ0) is 14.8. The molecule has 0 aliphatic heterocycles. The fraction of sp³-hybridized carbons (Fsp3) is 0.294. The van der Waals surface area contributed by atoms with Gasteiger partial charge in [-0.05, 0) is 55.2 Å². The molecule has 1 atom stereocenters. The molecule has 2 aromatic carbocycles. The number of anilines is 1. The van der Waals surface area contributed by atoms with Gasteiger partial charge < -0.3 is 10.1 Å². The Balaban J connectivity index is 1.72. The van der Waals surface area contributed by atoms with Crippen LogP contribution in [-0.2, 0) is 6.42 Å². The van der Waals surface area contributed by atoms with Crippen LogP contribution in [0.1, 0.15) is 29.2 Å². The molecule has 0 saturated heterocycles. The first-order valence-corrected chi connectivity index (χ1v) is 7.02. The van der Waals surface area contributed by atoms with Gasteiger partial charge in [0.25, 0.3) is 0 Å². The van der Waals surface area contributed by atoms with E-state index >= 15 is 0 Å². The Morgan fingerprint density at radius 2 is 1.90 bits per heavy atom. The van der Waals surface area contributed by atoms with E-state index in [0.29, 0.717) is 0 Å². The van der Waals surface area contributed by atoms with E-state index in [1.165, 1.54) is 16.7 Å². The SMILES string of the molecule is Cc1ccc2c(c1)C(Nc1ccc(OC(F)F)cc1)CC2. The van der Waals surface area contributed by atoms with E-state index in [4.69, 9.17) is 0 Å². The first-order valence-electron chi connectivity index (χ1n) is 7.02. The summed E-state index contributed by atoms with van der Waals surface area (Å²) in [5.74, 6) is 0.179. The third-order valence-electron chi connectivity index (χ3n) is 3.80. The molecule has 1 aliphatic carbocycles. The fourth-order valence-corrected chi connectivity index (χ4v) is 2.81. The summed E-state index contributed by atoms with van der Waals surface area (Å²) in [6.45, 7) is -0.694. The summed E-state index contributed by atoms with van der Waals surface area (Å²) in [5, 5.41) is 3.46. The first kappa shape index (κ1) is 13.9. The fourth-order valence-electron chi connectivity index (χ4n) is 2.81. The number of hydrogen-bond acceptors (Lipinski definition) is 2. The molecule has 1 N–H and O–H groups in total. The third-order valence-corrected chi connectivity index (χ3v) is 3.80. The Hall–Kier alpha value is -2.10. The van der Waals surface area contributed by atoms with Crippen LogP contribution in [0.4, 0.5) is 14.5 Å². The van der Waals surface area contributed by atoms with Crippen molar-refractivity contribution in [3.05, 3.63) is 59.2 Å². The molecule has 0 bridgehead atoms. The second-order valence-corrected chi connectivity index (χ2v) is 5.34. The summed E-state index contributed by atoms with van der Waals surface area (Å²) < 4.78 is 28.6. The lowest BCUT2D eigenvalue weighted by molar-refractivity contribution is -0.0498. The van der Waals surface area contributed by atoms with E-state index in [1.807, 2.05) is 0 Å². The van der Waals surface area contributed by atoms with E-state index in [0.717, 1.165) is 18.5 Å². The van der Waals surface area contributed by atoms with Gasteiger partial charge in [0.05, 0.1) is 6.04 Å². The molecular formula is C17H17F2NO. The average molecular weight is 289 g/mol. The van der Waals surface area contributed by atoms with Crippen molar-refractivity contribution < 1.29 is 13.5 Å². The second kappa shape index (κ2) is 5.72. The van der Waals surface area contributed by atoms with Gasteiger partial charge in [-0.15, -0.1) is 0 Å². The number of aryl methyl sites for hydroxylation is 2. The van der Waals surface area contributed by atoms with Gasteiger partial charge in [-0.3, -0.25) is 0 Å². The molecule has 2 aromatic rings. The highest BCUT2D eigenvalue weighted by molar-refractivity contribution is 5.50. The summed E-state index contributed by atoms with van der Waals surface area (Å²) in [6, 6.07) is 13.5. The van der Waals surface area contributed by atoms with Gasteiger partial charge in [0.15, 0.2) is 0 Å². The molecule has 1 aliphatic rings. The topological polar surface area (TPSA) is 21.3 Å². The molecule has 2 nitrogen and oxygen atoms in total. The number of nitrogens with one attached hydrogen (secondary N) is 1. The summed E-state index contributed by atoms with van der Waals surface area (Å²) in [6.07, 6.45) is 2.12. The van der Waals surface area contributed by atoms with E-state index in [1.54, 1.807) is 24.3 Å². The molecule has 4 heteroatoms. The van der Waals surface area contributed by atoms with Crippen molar-refractivity contribution in [2.45, 2.75) is 32.4 Å². The van der Waals surface area contributed by atoms with E-state index in [2.05, 4.69) is 35.2 Å². The quantitative estimate of drug-likeness (QED) is 0.881. The summed E-state index contributed by atoms with van der Waals surface area (Å²) in [7, 11) is 0. The third kappa shape index (κ3) is 3.15. The van der Waals surface area contributed by atoms with E-state index in [-0.39, 0.29) is 11.8 Å².